The molecule has 0 aliphatic carbocycles. The fourth-order valence-corrected chi connectivity index (χ4v) is 3.39. The number of likely N-dealkylation sites (tertiary alicyclic amines) is 1. The number of hydrogen-bond donors (Lipinski definition) is 2. The summed E-state index contributed by atoms with van der Waals surface area (Å²) in [6.07, 6.45) is 2.98. The third-order valence-electron chi connectivity index (χ3n) is 5.07. The molecule has 1 aliphatic rings. The van der Waals surface area contributed by atoms with Crippen LogP contribution in [-0.4, -0.2) is 46.5 Å². The largest absolute Gasteiger partial charge is 0.368 e. The monoisotopic (exact) mass is 367 g/mol. The van der Waals surface area contributed by atoms with E-state index in [2.05, 4.69) is 44.5 Å². The van der Waals surface area contributed by atoms with Gasteiger partial charge in [-0.1, -0.05) is 44.2 Å². The molecule has 0 atom stereocenters. The summed E-state index contributed by atoms with van der Waals surface area (Å²) in [5.41, 5.74) is 8.28. The Morgan fingerprint density at radius 2 is 1.93 bits per heavy atom. The van der Waals surface area contributed by atoms with E-state index in [9.17, 15) is 4.79 Å². The van der Waals surface area contributed by atoms with E-state index in [1.807, 2.05) is 19.9 Å². The minimum absolute atomic E-state index is 0.155. The van der Waals surface area contributed by atoms with Crippen molar-refractivity contribution >= 4 is 11.9 Å². The molecule has 3 N–H and O–H groups in total. The highest BCUT2D eigenvalue weighted by Gasteiger charge is 2.22. The lowest BCUT2D eigenvalue weighted by Gasteiger charge is -2.32. The van der Waals surface area contributed by atoms with E-state index in [0.717, 1.165) is 44.6 Å². The van der Waals surface area contributed by atoms with Crippen molar-refractivity contribution in [1.29, 1.82) is 0 Å². The summed E-state index contributed by atoms with van der Waals surface area (Å²) >= 11 is 0. The van der Waals surface area contributed by atoms with Gasteiger partial charge in [-0.3, -0.25) is 4.79 Å². The van der Waals surface area contributed by atoms with Gasteiger partial charge in [0, 0.05) is 31.4 Å². The number of aromatic nitrogens is 2. The van der Waals surface area contributed by atoms with Crippen LogP contribution in [0.2, 0.25) is 0 Å². The molecule has 27 heavy (non-hydrogen) atoms. The highest BCUT2D eigenvalue weighted by atomic mass is 16.1. The van der Waals surface area contributed by atoms with E-state index in [0.29, 0.717) is 5.69 Å². The van der Waals surface area contributed by atoms with Gasteiger partial charge in [0.25, 0.3) is 5.91 Å². The molecule has 1 aromatic carbocycles. The van der Waals surface area contributed by atoms with Crippen LogP contribution in [0.5, 0.6) is 0 Å². The average molecular weight is 367 g/mol. The molecule has 2 aromatic rings. The molecule has 1 amide bonds. The molecule has 0 unspecified atom stereocenters. The van der Waals surface area contributed by atoms with Crippen molar-refractivity contribution in [3.8, 4) is 0 Å². The van der Waals surface area contributed by atoms with Crippen LogP contribution in [0.15, 0.2) is 36.4 Å². The Labute approximate surface area is 161 Å². The first kappa shape index (κ1) is 19.3. The highest BCUT2D eigenvalue weighted by Crippen LogP contribution is 2.15. The van der Waals surface area contributed by atoms with Crippen LogP contribution in [0.3, 0.4) is 0 Å². The molecule has 0 bridgehead atoms. The summed E-state index contributed by atoms with van der Waals surface area (Å²) in [4.78, 5) is 23.3. The van der Waals surface area contributed by atoms with Gasteiger partial charge >= 0.3 is 0 Å². The molecule has 1 saturated heterocycles. The smallest absolute Gasteiger partial charge is 0.270 e. The van der Waals surface area contributed by atoms with Gasteiger partial charge in [-0.2, -0.15) is 0 Å². The SMILES string of the molecule is CC(C)c1cc(C(=O)NC2CCN(CCc3ccccc3)CC2)nc(N)n1. The van der Waals surface area contributed by atoms with E-state index < -0.39 is 0 Å². The molecule has 0 radical (unpaired) electrons. The van der Waals surface area contributed by atoms with Crippen LogP contribution >= 0.6 is 0 Å². The number of carbonyl (C=O) groups excluding carboxylic acids is 1. The fourth-order valence-electron chi connectivity index (χ4n) is 3.39. The summed E-state index contributed by atoms with van der Waals surface area (Å²) in [7, 11) is 0. The Bertz CT molecular complexity index is 754. The number of amides is 1. The van der Waals surface area contributed by atoms with E-state index in [4.69, 9.17) is 5.73 Å². The van der Waals surface area contributed by atoms with Crippen LogP contribution in [0, 0.1) is 0 Å². The molecule has 2 heterocycles. The number of benzene rings is 1. The first-order valence-electron chi connectivity index (χ1n) is 9.73. The predicted octanol–water partition coefficient (Wildman–Crippen LogP) is 2.62. The van der Waals surface area contributed by atoms with Crippen LogP contribution in [0.25, 0.3) is 0 Å². The summed E-state index contributed by atoms with van der Waals surface area (Å²) < 4.78 is 0. The lowest BCUT2D eigenvalue weighted by molar-refractivity contribution is 0.0906. The summed E-state index contributed by atoms with van der Waals surface area (Å²) in [5.74, 6) is 0.200. The van der Waals surface area contributed by atoms with Gasteiger partial charge in [-0.05, 0) is 36.8 Å². The topological polar surface area (TPSA) is 84.1 Å². The molecule has 6 heteroatoms. The van der Waals surface area contributed by atoms with Crippen LogP contribution in [0.1, 0.15) is 54.4 Å². The van der Waals surface area contributed by atoms with Crippen molar-refractivity contribution < 1.29 is 4.79 Å². The lowest BCUT2D eigenvalue weighted by atomic mass is 10.0. The maximum atomic E-state index is 12.6. The zero-order valence-electron chi connectivity index (χ0n) is 16.2. The second-order valence-electron chi connectivity index (χ2n) is 7.52. The van der Waals surface area contributed by atoms with Gasteiger partial charge in [-0.15, -0.1) is 0 Å². The van der Waals surface area contributed by atoms with Gasteiger partial charge in [0.2, 0.25) is 5.95 Å². The number of hydrogen-bond acceptors (Lipinski definition) is 5. The van der Waals surface area contributed by atoms with E-state index in [-0.39, 0.29) is 23.8 Å². The minimum Gasteiger partial charge on any atom is -0.368 e. The number of carbonyl (C=O) groups is 1. The first-order chi connectivity index (χ1) is 13.0. The molecule has 144 valence electrons. The molecular formula is C21H29N5O. The molecule has 0 saturated carbocycles. The lowest BCUT2D eigenvalue weighted by Crippen LogP contribution is -2.45. The Hall–Kier alpha value is -2.47. The Morgan fingerprint density at radius 1 is 1.22 bits per heavy atom. The van der Waals surface area contributed by atoms with Crippen molar-refractivity contribution in [2.24, 2.45) is 0 Å². The zero-order valence-corrected chi connectivity index (χ0v) is 16.2. The Morgan fingerprint density at radius 3 is 2.59 bits per heavy atom. The van der Waals surface area contributed by atoms with Gasteiger partial charge in [0.15, 0.2) is 0 Å². The van der Waals surface area contributed by atoms with Gasteiger partial charge in [-0.25, -0.2) is 9.97 Å². The predicted molar refractivity (Wildman–Crippen MR) is 108 cm³/mol. The molecule has 3 rings (SSSR count). The van der Waals surface area contributed by atoms with Crippen molar-refractivity contribution in [2.75, 3.05) is 25.4 Å². The zero-order chi connectivity index (χ0) is 19.2. The molecule has 1 aromatic heterocycles. The number of nitrogens with one attached hydrogen (secondary N) is 1. The van der Waals surface area contributed by atoms with Gasteiger partial charge in [0.05, 0.1) is 0 Å². The maximum Gasteiger partial charge on any atom is 0.270 e. The quantitative estimate of drug-likeness (QED) is 0.820. The number of nitrogens with two attached hydrogens (primary N) is 1. The maximum absolute atomic E-state index is 12.6. The molecule has 0 spiro atoms. The van der Waals surface area contributed by atoms with Crippen molar-refractivity contribution in [3.05, 3.63) is 53.3 Å². The van der Waals surface area contributed by atoms with Crippen LogP contribution < -0.4 is 11.1 Å². The third-order valence-corrected chi connectivity index (χ3v) is 5.07. The van der Waals surface area contributed by atoms with Crippen LogP contribution in [0.4, 0.5) is 5.95 Å². The molecule has 1 fully saturated rings. The Balaban J connectivity index is 1.48. The number of nitrogens with zero attached hydrogens (tertiary/aromatic N) is 3. The van der Waals surface area contributed by atoms with E-state index in [1.54, 1.807) is 6.07 Å². The highest BCUT2D eigenvalue weighted by molar-refractivity contribution is 5.92. The average Bonchev–Trinajstić information content (AvgIpc) is 2.67. The second kappa shape index (κ2) is 8.95. The normalized spacial score (nSPS) is 15.8. The number of anilines is 1. The molecular weight excluding hydrogens is 338 g/mol. The molecule has 6 nitrogen and oxygen atoms in total. The minimum atomic E-state index is -0.159. The standard InChI is InChI=1S/C21H29N5O/c1-15(2)18-14-19(25-21(22)24-18)20(27)23-17-9-12-26(13-10-17)11-8-16-6-4-3-5-7-16/h3-7,14-15,17H,8-13H2,1-2H3,(H,23,27)(H2,22,24,25). The van der Waals surface area contributed by atoms with Gasteiger partial charge in [0.1, 0.15) is 5.69 Å². The summed E-state index contributed by atoms with van der Waals surface area (Å²) in [6.45, 7) is 7.11. The van der Waals surface area contributed by atoms with Crippen LogP contribution in [-0.2, 0) is 6.42 Å². The van der Waals surface area contributed by atoms with Gasteiger partial charge < -0.3 is 16.0 Å². The third kappa shape index (κ3) is 5.50. The van der Waals surface area contributed by atoms with E-state index in [1.165, 1.54) is 5.56 Å². The van der Waals surface area contributed by atoms with E-state index >= 15 is 0 Å². The van der Waals surface area contributed by atoms with Crippen molar-refractivity contribution in [2.45, 2.75) is 45.1 Å². The number of nitrogen functional groups attached to an aromatic ring is 1. The number of rotatable bonds is 6. The second-order valence-corrected chi connectivity index (χ2v) is 7.52. The summed E-state index contributed by atoms with van der Waals surface area (Å²) in [5, 5.41) is 3.11. The summed E-state index contributed by atoms with van der Waals surface area (Å²) in [6, 6.07) is 12.5. The van der Waals surface area contributed by atoms with Crippen molar-refractivity contribution in [3.63, 3.8) is 0 Å². The fraction of sp³-hybridized carbons (Fsp3) is 0.476. The Kier molecular flexibility index (Phi) is 6.40. The van der Waals surface area contributed by atoms with Crippen molar-refractivity contribution in [1.82, 2.24) is 20.2 Å². The first-order valence-corrected chi connectivity index (χ1v) is 9.73. The number of piperidine rings is 1. The molecule has 1 aliphatic heterocycles.